The molecule has 1 aromatic carbocycles. The van der Waals surface area contributed by atoms with Gasteiger partial charge in [-0.25, -0.2) is 4.98 Å². The normalized spacial score (nSPS) is 10.5. The maximum atomic E-state index is 12.2. The average molecular weight is 406 g/mol. The van der Waals surface area contributed by atoms with Crippen molar-refractivity contribution in [1.82, 2.24) is 15.2 Å². The number of thiazole rings is 1. The van der Waals surface area contributed by atoms with Gasteiger partial charge in [-0.15, -0.1) is 21.5 Å². The minimum Gasteiger partial charge on any atom is -0.301 e. The lowest BCUT2D eigenvalue weighted by Gasteiger charge is -2.01. The van der Waals surface area contributed by atoms with Crippen LogP contribution in [0.1, 0.15) is 21.6 Å². The molecule has 2 aromatic heterocycles. The average Bonchev–Trinajstić information content (AvgIpc) is 3.22. The number of nitrogens with one attached hydrogen (secondary N) is 2. The summed E-state index contributed by atoms with van der Waals surface area (Å²) in [5.41, 5.74) is 2.51. The number of hydrogen-bond donors (Lipinski definition) is 2. The number of aromatic nitrogens is 3. The number of hydrogen-bond acceptors (Lipinski definition) is 8. The van der Waals surface area contributed by atoms with Crippen molar-refractivity contribution in [3.63, 3.8) is 0 Å². The summed E-state index contributed by atoms with van der Waals surface area (Å²) in [6, 6.07) is 7.26. The minimum absolute atomic E-state index is 0.162. The minimum atomic E-state index is -0.241. The van der Waals surface area contributed by atoms with Crippen LogP contribution >= 0.6 is 34.4 Å². The van der Waals surface area contributed by atoms with Gasteiger partial charge in [0, 0.05) is 10.9 Å². The molecule has 0 fully saturated rings. The lowest BCUT2D eigenvalue weighted by Crippen LogP contribution is -2.13. The largest absolute Gasteiger partial charge is 0.301 e. The Kier molecular flexibility index (Phi) is 5.96. The third-order valence-electron chi connectivity index (χ3n) is 3.13. The fourth-order valence-corrected chi connectivity index (χ4v) is 4.14. The molecule has 3 aromatic rings. The van der Waals surface area contributed by atoms with E-state index in [1.807, 2.05) is 31.4 Å². The monoisotopic (exact) mass is 405 g/mol. The molecule has 2 N–H and O–H groups in total. The van der Waals surface area contributed by atoms with Crippen LogP contribution in [0.25, 0.3) is 0 Å². The van der Waals surface area contributed by atoms with Crippen LogP contribution in [0.2, 0.25) is 0 Å². The molecule has 0 aliphatic rings. The summed E-state index contributed by atoms with van der Waals surface area (Å²) in [6.45, 7) is 3.83. The summed E-state index contributed by atoms with van der Waals surface area (Å²) < 4.78 is 0.606. The second-order valence-corrected chi connectivity index (χ2v) is 8.38. The Morgan fingerprint density at radius 1 is 1.08 bits per heavy atom. The Morgan fingerprint density at radius 2 is 1.85 bits per heavy atom. The highest BCUT2D eigenvalue weighted by atomic mass is 32.2. The van der Waals surface area contributed by atoms with Gasteiger partial charge >= 0.3 is 0 Å². The van der Waals surface area contributed by atoms with Gasteiger partial charge in [0.15, 0.2) is 9.47 Å². The van der Waals surface area contributed by atoms with Gasteiger partial charge in [-0.1, -0.05) is 40.8 Å². The molecule has 0 atom stereocenters. The summed E-state index contributed by atoms with van der Waals surface area (Å²) in [5, 5.41) is 16.2. The SMILES string of the molecule is Cc1ccc(C(=O)Nc2nnc(SCC(=O)Nc3nc(C)cs3)s2)cc1. The van der Waals surface area contributed by atoms with E-state index in [9.17, 15) is 9.59 Å². The van der Waals surface area contributed by atoms with Crippen molar-refractivity contribution in [2.45, 2.75) is 18.2 Å². The van der Waals surface area contributed by atoms with Crippen molar-refractivity contribution in [3.8, 4) is 0 Å². The molecule has 0 aliphatic carbocycles. The Morgan fingerprint density at radius 3 is 2.54 bits per heavy atom. The number of benzene rings is 1. The fraction of sp³-hybridized carbons (Fsp3) is 0.188. The van der Waals surface area contributed by atoms with Crippen LogP contribution < -0.4 is 10.6 Å². The van der Waals surface area contributed by atoms with Gasteiger partial charge in [0.25, 0.3) is 5.91 Å². The number of carbonyl (C=O) groups is 2. The molecule has 0 bridgehead atoms. The number of rotatable bonds is 6. The summed E-state index contributed by atoms with van der Waals surface area (Å²) in [5.74, 6) is -0.210. The van der Waals surface area contributed by atoms with Crippen molar-refractivity contribution in [2.24, 2.45) is 0 Å². The van der Waals surface area contributed by atoms with Gasteiger partial charge in [-0.05, 0) is 26.0 Å². The summed E-state index contributed by atoms with van der Waals surface area (Å²) >= 11 is 3.87. The molecular weight excluding hydrogens is 390 g/mol. The van der Waals surface area contributed by atoms with Gasteiger partial charge in [0.2, 0.25) is 11.0 Å². The van der Waals surface area contributed by atoms with Crippen LogP contribution in [0, 0.1) is 13.8 Å². The first-order valence-corrected chi connectivity index (χ1v) is 10.2. The van der Waals surface area contributed by atoms with Gasteiger partial charge in [-0.2, -0.15) is 0 Å². The molecule has 2 amide bonds. The predicted molar refractivity (Wildman–Crippen MR) is 105 cm³/mol. The molecule has 2 heterocycles. The molecule has 0 saturated heterocycles. The van der Waals surface area contributed by atoms with E-state index < -0.39 is 0 Å². The van der Waals surface area contributed by atoms with Crippen LogP contribution in [0.4, 0.5) is 10.3 Å². The Labute approximate surface area is 162 Å². The van der Waals surface area contributed by atoms with E-state index in [-0.39, 0.29) is 17.6 Å². The van der Waals surface area contributed by atoms with E-state index in [0.29, 0.717) is 20.2 Å². The maximum absolute atomic E-state index is 12.2. The van der Waals surface area contributed by atoms with Crippen LogP contribution in [-0.2, 0) is 4.79 Å². The van der Waals surface area contributed by atoms with E-state index in [0.717, 1.165) is 11.3 Å². The molecule has 3 rings (SSSR count). The summed E-state index contributed by atoms with van der Waals surface area (Å²) in [7, 11) is 0. The Balaban J connectivity index is 1.50. The predicted octanol–water partition coefficient (Wildman–Crippen LogP) is 3.59. The summed E-state index contributed by atoms with van der Waals surface area (Å²) in [6.07, 6.45) is 0. The number of amides is 2. The number of thioether (sulfide) groups is 1. The maximum Gasteiger partial charge on any atom is 0.257 e. The van der Waals surface area contributed by atoms with Crippen molar-refractivity contribution in [2.75, 3.05) is 16.4 Å². The third-order valence-corrected chi connectivity index (χ3v) is 5.98. The molecule has 0 aliphatic heterocycles. The highest BCUT2D eigenvalue weighted by Crippen LogP contribution is 2.26. The van der Waals surface area contributed by atoms with E-state index in [4.69, 9.17) is 0 Å². The van der Waals surface area contributed by atoms with Crippen LogP contribution in [0.15, 0.2) is 34.0 Å². The van der Waals surface area contributed by atoms with Gasteiger partial charge < -0.3 is 5.32 Å². The lowest BCUT2D eigenvalue weighted by molar-refractivity contribution is -0.113. The molecule has 7 nitrogen and oxygen atoms in total. The van der Waals surface area contributed by atoms with E-state index in [1.165, 1.54) is 34.4 Å². The molecule has 0 radical (unpaired) electrons. The molecule has 0 spiro atoms. The Bertz CT molecular complexity index is 920. The number of aryl methyl sites for hydroxylation is 2. The molecule has 134 valence electrons. The standard InChI is InChI=1S/C16H15N5O2S3/c1-9-3-5-11(6-4-9)13(23)19-15-20-21-16(26-15)25-8-12(22)18-14-17-10(2)7-24-14/h3-7H,8H2,1-2H3,(H,17,18,22)(H,19,20,23). The molecule has 10 heteroatoms. The van der Waals surface area contributed by atoms with Gasteiger partial charge in [0.1, 0.15) is 0 Å². The van der Waals surface area contributed by atoms with Crippen LogP contribution in [-0.4, -0.2) is 32.7 Å². The van der Waals surface area contributed by atoms with Crippen LogP contribution in [0.5, 0.6) is 0 Å². The second kappa shape index (κ2) is 8.39. The highest BCUT2D eigenvalue weighted by Gasteiger charge is 2.12. The van der Waals surface area contributed by atoms with Gasteiger partial charge in [0.05, 0.1) is 11.4 Å². The summed E-state index contributed by atoms with van der Waals surface area (Å²) in [4.78, 5) is 28.3. The van der Waals surface area contributed by atoms with Crippen molar-refractivity contribution >= 4 is 56.5 Å². The first kappa shape index (κ1) is 18.5. The fourth-order valence-electron chi connectivity index (χ4n) is 1.89. The molecule has 0 unspecified atom stereocenters. The first-order chi connectivity index (χ1) is 12.5. The zero-order chi connectivity index (χ0) is 18.5. The van der Waals surface area contributed by atoms with E-state index >= 15 is 0 Å². The topological polar surface area (TPSA) is 96.9 Å². The number of carbonyl (C=O) groups excluding carboxylic acids is 2. The number of anilines is 2. The third kappa shape index (κ3) is 5.10. The molecular formula is C16H15N5O2S3. The van der Waals surface area contributed by atoms with Crippen molar-refractivity contribution in [1.29, 1.82) is 0 Å². The van der Waals surface area contributed by atoms with Crippen molar-refractivity contribution in [3.05, 3.63) is 46.5 Å². The van der Waals surface area contributed by atoms with E-state index in [1.54, 1.807) is 12.1 Å². The number of nitrogens with zero attached hydrogens (tertiary/aromatic N) is 3. The molecule has 0 saturated carbocycles. The zero-order valence-corrected chi connectivity index (χ0v) is 16.4. The second-order valence-electron chi connectivity index (χ2n) is 5.32. The zero-order valence-electron chi connectivity index (χ0n) is 14.0. The lowest BCUT2D eigenvalue weighted by atomic mass is 10.1. The van der Waals surface area contributed by atoms with E-state index in [2.05, 4.69) is 25.8 Å². The molecule has 26 heavy (non-hydrogen) atoms. The van der Waals surface area contributed by atoms with Gasteiger partial charge in [-0.3, -0.25) is 14.9 Å². The Hall–Kier alpha value is -2.30. The highest BCUT2D eigenvalue weighted by molar-refractivity contribution is 8.01. The quantitative estimate of drug-likeness (QED) is 0.480. The smallest absolute Gasteiger partial charge is 0.257 e. The van der Waals surface area contributed by atoms with Crippen LogP contribution in [0.3, 0.4) is 0 Å². The first-order valence-electron chi connectivity index (χ1n) is 7.56. The van der Waals surface area contributed by atoms with Crippen molar-refractivity contribution < 1.29 is 9.59 Å².